The number of anilines is 1. The molecule has 0 radical (unpaired) electrons. The van der Waals surface area contributed by atoms with Gasteiger partial charge < -0.3 is 9.88 Å². The van der Waals surface area contributed by atoms with Gasteiger partial charge in [0.15, 0.2) is 0 Å². The summed E-state index contributed by atoms with van der Waals surface area (Å²) in [7, 11) is 1.80. The normalized spacial score (nSPS) is 10.2. The number of aromatic amines is 1. The number of carbonyl (C=O) groups is 1. The number of carbonyl (C=O) groups excluding carboxylic acids is 1. The molecule has 0 saturated heterocycles. The summed E-state index contributed by atoms with van der Waals surface area (Å²) < 4.78 is 0. The number of nitrogens with one attached hydrogen (secondary N) is 1. The van der Waals surface area contributed by atoms with Crippen LogP contribution in [0.3, 0.4) is 0 Å². The third-order valence-electron chi connectivity index (χ3n) is 2.37. The lowest BCUT2D eigenvalue weighted by Crippen LogP contribution is -2.25. The van der Waals surface area contributed by atoms with Crippen molar-refractivity contribution in [2.45, 2.75) is 6.92 Å². The van der Waals surface area contributed by atoms with Crippen LogP contribution < -0.4 is 4.90 Å². The lowest BCUT2D eigenvalue weighted by atomic mass is 10.2. The second-order valence-corrected chi connectivity index (χ2v) is 3.93. The SMILES string of the molecule is CC(=O)CN(C)c1ncc(-c2cc[nH]c2)cn1. The Bertz CT molecular complexity index is 490. The molecule has 0 aliphatic rings. The van der Waals surface area contributed by atoms with E-state index >= 15 is 0 Å². The van der Waals surface area contributed by atoms with E-state index in [1.165, 1.54) is 0 Å². The minimum atomic E-state index is 0.0887. The Balaban J connectivity index is 2.15. The molecule has 0 aliphatic carbocycles. The number of aromatic nitrogens is 3. The first kappa shape index (κ1) is 11.3. The Kier molecular flexibility index (Phi) is 3.18. The van der Waals surface area contributed by atoms with Crippen LogP contribution in [0.5, 0.6) is 0 Å². The van der Waals surface area contributed by atoms with Gasteiger partial charge in [-0.25, -0.2) is 9.97 Å². The number of hydrogen-bond acceptors (Lipinski definition) is 4. The zero-order valence-corrected chi connectivity index (χ0v) is 9.84. The van der Waals surface area contributed by atoms with Gasteiger partial charge in [-0.3, -0.25) is 4.79 Å². The lowest BCUT2D eigenvalue weighted by molar-refractivity contribution is -0.115. The Morgan fingerprint density at radius 1 is 1.35 bits per heavy atom. The van der Waals surface area contributed by atoms with Gasteiger partial charge in [-0.15, -0.1) is 0 Å². The molecule has 88 valence electrons. The molecule has 0 amide bonds. The van der Waals surface area contributed by atoms with E-state index in [0.717, 1.165) is 11.1 Å². The second-order valence-electron chi connectivity index (χ2n) is 3.93. The van der Waals surface area contributed by atoms with Gasteiger partial charge in [-0.1, -0.05) is 0 Å². The van der Waals surface area contributed by atoms with Crippen LogP contribution >= 0.6 is 0 Å². The summed E-state index contributed by atoms with van der Waals surface area (Å²) in [6.07, 6.45) is 7.24. The van der Waals surface area contributed by atoms with Crippen LogP contribution in [0.4, 0.5) is 5.95 Å². The van der Waals surface area contributed by atoms with Crippen LogP contribution in [-0.4, -0.2) is 34.3 Å². The highest BCUT2D eigenvalue weighted by molar-refractivity contribution is 5.80. The topological polar surface area (TPSA) is 61.9 Å². The summed E-state index contributed by atoms with van der Waals surface area (Å²) >= 11 is 0. The van der Waals surface area contributed by atoms with E-state index in [-0.39, 0.29) is 5.78 Å². The maximum Gasteiger partial charge on any atom is 0.225 e. The third kappa shape index (κ3) is 2.69. The van der Waals surface area contributed by atoms with E-state index in [0.29, 0.717) is 12.5 Å². The summed E-state index contributed by atoms with van der Waals surface area (Å²) in [4.78, 5) is 24.2. The molecule has 5 heteroatoms. The predicted octanol–water partition coefficient (Wildman–Crippen LogP) is 1.50. The van der Waals surface area contributed by atoms with Gasteiger partial charge in [0.25, 0.3) is 0 Å². The summed E-state index contributed by atoms with van der Waals surface area (Å²) in [6, 6.07) is 1.96. The van der Waals surface area contributed by atoms with E-state index in [2.05, 4.69) is 15.0 Å². The molecule has 17 heavy (non-hydrogen) atoms. The monoisotopic (exact) mass is 230 g/mol. The fourth-order valence-corrected chi connectivity index (χ4v) is 1.58. The van der Waals surface area contributed by atoms with E-state index in [1.807, 2.05) is 18.5 Å². The first-order valence-corrected chi connectivity index (χ1v) is 5.32. The molecule has 5 nitrogen and oxygen atoms in total. The van der Waals surface area contributed by atoms with Crippen molar-refractivity contribution in [1.82, 2.24) is 15.0 Å². The third-order valence-corrected chi connectivity index (χ3v) is 2.37. The lowest BCUT2D eigenvalue weighted by Gasteiger charge is -2.14. The number of ketones is 1. The Morgan fingerprint density at radius 3 is 2.59 bits per heavy atom. The van der Waals surface area contributed by atoms with Gasteiger partial charge in [-0.2, -0.15) is 0 Å². The number of nitrogens with zero attached hydrogens (tertiary/aromatic N) is 3. The number of hydrogen-bond donors (Lipinski definition) is 1. The zero-order chi connectivity index (χ0) is 12.3. The second kappa shape index (κ2) is 4.78. The molecule has 1 N–H and O–H groups in total. The van der Waals surface area contributed by atoms with Gasteiger partial charge in [0.1, 0.15) is 5.78 Å². The molecule has 2 aromatic heterocycles. The summed E-state index contributed by atoms with van der Waals surface area (Å²) in [5.74, 6) is 0.644. The summed E-state index contributed by atoms with van der Waals surface area (Å²) in [6.45, 7) is 1.87. The fourth-order valence-electron chi connectivity index (χ4n) is 1.58. The first-order chi connectivity index (χ1) is 8.16. The molecule has 0 saturated carbocycles. The maximum absolute atomic E-state index is 11.0. The minimum Gasteiger partial charge on any atom is -0.367 e. The minimum absolute atomic E-state index is 0.0887. The highest BCUT2D eigenvalue weighted by Gasteiger charge is 2.07. The number of likely N-dealkylation sites (N-methyl/N-ethyl adjacent to an activating group) is 1. The van der Waals surface area contributed by atoms with Crippen molar-refractivity contribution in [3.05, 3.63) is 30.9 Å². The van der Waals surface area contributed by atoms with Crippen molar-refractivity contribution < 1.29 is 4.79 Å². The predicted molar refractivity (Wildman–Crippen MR) is 65.8 cm³/mol. The highest BCUT2D eigenvalue weighted by atomic mass is 16.1. The van der Waals surface area contributed by atoms with Crippen LogP contribution in [0.15, 0.2) is 30.9 Å². The molecule has 0 unspecified atom stereocenters. The fraction of sp³-hybridized carbons (Fsp3) is 0.250. The molecule has 0 fully saturated rings. The van der Waals surface area contributed by atoms with Gasteiger partial charge in [0.2, 0.25) is 5.95 Å². The molecule has 0 aliphatic heterocycles. The highest BCUT2D eigenvalue weighted by Crippen LogP contribution is 2.17. The molecule has 0 bridgehead atoms. The molecule has 2 aromatic rings. The molecule has 2 heterocycles. The van der Waals surface area contributed by atoms with Gasteiger partial charge >= 0.3 is 0 Å². The van der Waals surface area contributed by atoms with Crippen LogP contribution in [0.25, 0.3) is 11.1 Å². The van der Waals surface area contributed by atoms with Crippen molar-refractivity contribution in [2.24, 2.45) is 0 Å². The molecule has 0 atom stereocenters. The smallest absolute Gasteiger partial charge is 0.225 e. The molecular weight excluding hydrogens is 216 g/mol. The van der Waals surface area contributed by atoms with Crippen molar-refractivity contribution in [2.75, 3.05) is 18.5 Å². The van der Waals surface area contributed by atoms with Crippen molar-refractivity contribution in [3.8, 4) is 11.1 Å². The zero-order valence-electron chi connectivity index (χ0n) is 9.84. The molecular formula is C12H14N4O. The van der Waals surface area contributed by atoms with Gasteiger partial charge in [-0.05, 0) is 13.0 Å². The van der Waals surface area contributed by atoms with E-state index < -0.39 is 0 Å². The van der Waals surface area contributed by atoms with Gasteiger partial charge in [0.05, 0.1) is 6.54 Å². The standard InChI is InChI=1S/C12H14N4O/c1-9(17)8-16(2)12-14-6-11(7-15-12)10-3-4-13-5-10/h3-7,13H,8H2,1-2H3. The molecule has 2 rings (SSSR count). The van der Waals surface area contributed by atoms with Crippen molar-refractivity contribution in [3.63, 3.8) is 0 Å². The summed E-state index contributed by atoms with van der Waals surface area (Å²) in [5, 5.41) is 0. The Hall–Kier alpha value is -2.17. The average Bonchev–Trinajstić information content (AvgIpc) is 2.82. The Morgan fingerprint density at radius 2 is 2.06 bits per heavy atom. The van der Waals surface area contributed by atoms with Crippen LogP contribution in [0.1, 0.15) is 6.92 Å². The number of rotatable bonds is 4. The van der Waals surface area contributed by atoms with E-state index in [1.54, 1.807) is 31.3 Å². The molecule has 0 spiro atoms. The largest absolute Gasteiger partial charge is 0.367 e. The van der Waals surface area contributed by atoms with Crippen molar-refractivity contribution in [1.29, 1.82) is 0 Å². The quantitative estimate of drug-likeness (QED) is 0.864. The maximum atomic E-state index is 11.0. The summed E-state index contributed by atoms with van der Waals surface area (Å²) in [5.41, 5.74) is 2.00. The van der Waals surface area contributed by atoms with E-state index in [9.17, 15) is 4.79 Å². The van der Waals surface area contributed by atoms with Crippen LogP contribution in [-0.2, 0) is 4.79 Å². The van der Waals surface area contributed by atoms with Crippen LogP contribution in [0, 0.1) is 0 Å². The van der Waals surface area contributed by atoms with Crippen LogP contribution in [0.2, 0.25) is 0 Å². The first-order valence-electron chi connectivity index (χ1n) is 5.32. The molecule has 0 aromatic carbocycles. The Labute approximate surface area is 99.5 Å². The average molecular weight is 230 g/mol. The van der Waals surface area contributed by atoms with Gasteiger partial charge in [0, 0.05) is 43.0 Å². The van der Waals surface area contributed by atoms with E-state index in [4.69, 9.17) is 0 Å². The van der Waals surface area contributed by atoms with Crippen molar-refractivity contribution >= 4 is 11.7 Å². The number of Topliss-reactive ketones (excluding diaryl/α,β-unsaturated/α-hetero) is 1. The number of H-pyrrole nitrogens is 1.